The molecular weight excluding hydrogens is 436 g/mol. The molecule has 0 saturated heterocycles. The zero-order valence-corrected chi connectivity index (χ0v) is 25.2. The summed E-state index contributed by atoms with van der Waals surface area (Å²) in [4.78, 5) is 0. The Labute approximate surface area is 224 Å². The highest BCUT2D eigenvalue weighted by atomic mass is 16.3. The Kier molecular flexibility index (Phi) is 6.75. The first-order chi connectivity index (χ1) is 16.7. The van der Waals surface area contributed by atoms with Gasteiger partial charge in [-0.05, 0) is 142 Å². The summed E-state index contributed by atoms with van der Waals surface area (Å²) in [6.45, 7) is 20.1. The predicted octanol–water partition coefficient (Wildman–Crippen LogP) is 9.90. The third-order valence-electron chi connectivity index (χ3n) is 13.8. The number of rotatable bonds is 4. The van der Waals surface area contributed by atoms with Crippen LogP contribution in [0.3, 0.4) is 0 Å². The maximum atomic E-state index is 11.9. The van der Waals surface area contributed by atoms with Gasteiger partial charge in [-0.25, -0.2) is 0 Å². The molecule has 0 radical (unpaired) electrons. The molecule has 9 atom stereocenters. The lowest BCUT2D eigenvalue weighted by Gasteiger charge is -2.71. The smallest absolute Gasteiger partial charge is 0.0653 e. The molecule has 4 saturated carbocycles. The SMILES string of the molecule is CC1=CCC([C@H](C)CC[C@@H]2[C@@]3(C)CCC4[C@@](C)(CC[C@H]5C(C)(C)CCC[C@]45C)[C@@H]3CC[C@@]2(C)O)=CC1. The van der Waals surface area contributed by atoms with Crippen LogP contribution >= 0.6 is 0 Å². The number of aliphatic hydroxyl groups is 1. The first kappa shape index (κ1) is 27.0. The van der Waals surface area contributed by atoms with Gasteiger partial charge in [0.15, 0.2) is 0 Å². The average Bonchev–Trinajstić information content (AvgIpc) is 2.77. The molecule has 0 bridgehead atoms. The fourth-order valence-corrected chi connectivity index (χ4v) is 11.9. The van der Waals surface area contributed by atoms with Crippen molar-refractivity contribution in [3.05, 3.63) is 23.3 Å². The molecule has 0 aromatic heterocycles. The summed E-state index contributed by atoms with van der Waals surface area (Å²) in [6, 6.07) is 0. The Bertz CT molecular complexity index is 906. The van der Waals surface area contributed by atoms with Crippen LogP contribution in [-0.2, 0) is 0 Å². The molecule has 204 valence electrons. The van der Waals surface area contributed by atoms with Crippen molar-refractivity contribution in [1.82, 2.24) is 0 Å². The largest absolute Gasteiger partial charge is 0.390 e. The van der Waals surface area contributed by atoms with Gasteiger partial charge in [0, 0.05) is 0 Å². The lowest BCUT2D eigenvalue weighted by molar-refractivity contribution is -0.237. The van der Waals surface area contributed by atoms with Crippen LogP contribution < -0.4 is 0 Å². The number of fused-ring (bicyclic) bond motifs is 5. The average molecular weight is 495 g/mol. The molecule has 36 heavy (non-hydrogen) atoms. The van der Waals surface area contributed by atoms with E-state index in [0.717, 1.165) is 37.0 Å². The second kappa shape index (κ2) is 8.99. The van der Waals surface area contributed by atoms with E-state index in [4.69, 9.17) is 0 Å². The molecule has 1 N–H and O–H groups in total. The second-order valence-corrected chi connectivity index (χ2v) is 16.3. The lowest BCUT2D eigenvalue weighted by atomic mass is 9.34. The molecule has 5 aliphatic carbocycles. The molecule has 0 spiro atoms. The van der Waals surface area contributed by atoms with E-state index in [1.54, 1.807) is 5.57 Å². The Hall–Kier alpha value is -0.560. The summed E-state index contributed by atoms with van der Waals surface area (Å²) < 4.78 is 0. The molecule has 1 nitrogen and oxygen atoms in total. The maximum Gasteiger partial charge on any atom is 0.0653 e. The van der Waals surface area contributed by atoms with E-state index < -0.39 is 5.60 Å². The summed E-state index contributed by atoms with van der Waals surface area (Å²) in [5.41, 5.74) is 4.38. The van der Waals surface area contributed by atoms with Gasteiger partial charge >= 0.3 is 0 Å². The van der Waals surface area contributed by atoms with Crippen molar-refractivity contribution in [2.45, 2.75) is 144 Å². The van der Waals surface area contributed by atoms with Gasteiger partial charge in [0.1, 0.15) is 0 Å². The van der Waals surface area contributed by atoms with Gasteiger partial charge in [0.25, 0.3) is 0 Å². The van der Waals surface area contributed by atoms with Crippen LogP contribution in [0.4, 0.5) is 0 Å². The number of allylic oxidation sites excluding steroid dienone is 4. The quantitative estimate of drug-likeness (QED) is 0.385. The van der Waals surface area contributed by atoms with Crippen molar-refractivity contribution in [2.24, 2.45) is 51.2 Å². The van der Waals surface area contributed by atoms with Gasteiger partial charge in [-0.3, -0.25) is 0 Å². The third-order valence-corrected chi connectivity index (χ3v) is 13.8. The normalized spacial score (nSPS) is 49.1. The van der Waals surface area contributed by atoms with Crippen molar-refractivity contribution in [3.63, 3.8) is 0 Å². The minimum atomic E-state index is -0.514. The molecule has 0 aliphatic heterocycles. The monoisotopic (exact) mass is 494 g/mol. The molecule has 0 amide bonds. The fourth-order valence-electron chi connectivity index (χ4n) is 11.9. The summed E-state index contributed by atoms with van der Waals surface area (Å²) in [5.74, 6) is 3.60. The summed E-state index contributed by atoms with van der Waals surface area (Å²) in [7, 11) is 0. The van der Waals surface area contributed by atoms with Crippen molar-refractivity contribution in [3.8, 4) is 0 Å². The van der Waals surface area contributed by atoms with Crippen LogP contribution in [0.2, 0.25) is 0 Å². The van der Waals surface area contributed by atoms with Gasteiger partial charge in [0.05, 0.1) is 5.60 Å². The van der Waals surface area contributed by atoms with Crippen molar-refractivity contribution in [2.75, 3.05) is 0 Å². The van der Waals surface area contributed by atoms with Crippen LogP contribution in [0.5, 0.6) is 0 Å². The van der Waals surface area contributed by atoms with Crippen LogP contribution in [0.25, 0.3) is 0 Å². The maximum absolute atomic E-state index is 11.9. The van der Waals surface area contributed by atoms with Crippen molar-refractivity contribution >= 4 is 0 Å². The second-order valence-electron chi connectivity index (χ2n) is 16.3. The zero-order chi connectivity index (χ0) is 26.1. The highest BCUT2D eigenvalue weighted by Crippen LogP contribution is 2.74. The van der Waals surface area contributed by atoms with Crippen LogP contribution in [0.1, 0.15) is 139 Å². The fraction of sp³-hybridized carbons (Fsp3) is 0.886. The summed E-state index contributed by atoms with van der Waals surface area (Å²) >= 11 is 0. The van der Waals surface area contributed by atoms with E-state index >= 15 is 0 Å². The topological polar surface area (TPSA) is 20.2 Å². The molecule has 0 aromatic carbocycles. The van der Waals surface area contributed by atoms with Gasteiger partial charge in [-0.2, -0.15) is 0 Å². The Morgan fingerprint density at radius 3 is 2.08 bits per heavy atom. The number of hydrogen-bond acceptors (Lipinski definition) is 1. The first-order valence-corrected chi connectivity index (χ1v) is 15.8. The predicted molar refractivity (Wildman–Crippen MR) is 154 cm³/mol. The Morgan fingerprint density at radius 1 is 0.778 bits per heavy atom. The Morgan fingerprint density at radius 2 is 1.39 bits per heavy atom. The molecule has 1 heteroatoms. The minimum Gasteiger partial charge on any atom is -0.390 e. The van der Waals surface area contributed by atoms with Gasteiger partial charge in [-0.1, -0.05) is 71.3 Å². The van der Waals surface area contributed by atoms with Crippen LogP contribution in [-0.4, -0.2) is 10.7 Å². The highest BCUT2D eigenvalue weighted by Gasteiger charge is 2.67. The lowest BCUT2D eigenvalue weighted by Crippen LogP contribution is -2.65. The van der Waals surface area contributed by atoms with E-state index in [1.165, 1.54) is 69.8 Å². The van der Waals surface area contributed by atoms with Gasteiger partial charge in [0.2, 0.25) is 0 Å². The number of hydrogen-bond donors (Lipinski definition) is 1. The van der Waals surface area contributed by atoms with Crippen molar-refractivity contribution in [1.29, 1.82) is 0 Å². The van der Waals surface area contributed by atoms with Crippen LogP contribution in [0, 0.1) is 51.2 Å². The molecule has 1 unspecified atom stereocenters. The van der Waals surface area contributed by atoms with Crippen LogP contribution in [0.15, 0.2) is 23.3 Å². The molecule has 5 rings (SSSR count). The van der Waals surface area contributed by atoms with E-state index in [2.05, 4.69) is 67.5 Å². The molecule has 0 aromatic rings. The van der Waals surface area contributed by atoms with E-state index in [9.17, 15) is 5.11 Å². The minimum absolute atomic E-state index is 0.275. The molecular formula is C35H58O. The van der Waals surface area contributed by atoms with E-state index in [1.807, 2.05) is 0 Å². The standard InChI is InChI=1S/C35H58O/c1-24-10-13-26(14-11-24)25(2)12-15-30-34(7)22-17-28-32(5)20-9-19-31(3,4)27(32)16-21-33(28,6)29(34)18-23-35(30,8)36/h10,14,25,27-30,36H,9,11-13,15-23H2,1-8H3/t25-,27+,28?,29+,30-,32+,33-,34+,35-/m1/s1. The molecule has 5 aliphatic rings. The third kappa shape index (κ3) is 4.12. The van der Waals surface area contributed by atoms with Gasteiger partial charge in [-0.15, -0.1) is 0 Å². The van der Waals surface area contributed by atoms with E-state index in [0.29, 0.717) is 28.1 Å². The summed E-state index contributed by atoms with van der Waals surface area (Å²) in [5, 5.41) is 11.9. The molecule has 0 heterocycles. The first-order valence-electron chi connectivity index (χ1n) is 15.8. The zero-order valence-electron chi connectivity index (χ0n) is 25.2. The van der Waals surface area contributed by atoms with E-state index in [-0.39, 0.29) is 5.41 Å². The molecule has 4 fully saturated rings. The summed E-state index contributed by atoms with van der Waals surface area (Å²) in [6.07, 6.45) is 21.8. The Balaban J connectivity index is 1.39. The van der Waals surface area contributed by atoms with Crippen molar-refractivity contribution < 1.29 is 5.11 Å². The highest BCUT2D eigenvalue weighted by molar-refractivity contribution is 5.22. The van der Waals surface area contributed by atoms with Gasteiger partial charge < -0.3 is 5.11 Å².